The molecule has 5 heteroatoms. The van der Waals surface area contributed by atoms with Crippen LogP contribution in [0, 0.1) is 12.1 Å². The summed E-state index contributed by atoms with van der Waals surface area (Å²) in [6, 6.07) is 57.0. The first-order valence-corrected chi connectivity index (χ1v) is 15.1. The number of aromatic nitrogens is 2. The van der Waals surface area contributed by atoms with E-state index in [0.717, 1.165) is 61.0 Å². The minimum absolute atomic E-state index is 0. The Hall–Kier alpha value is -5.61. The van der Waals surface area contributed by atoms with Crippen molar-refractivity contribution in [3.63, 3.8) is 0 Å². The predicted molar refractivity (Wildman–Crippen MR) is 185 cm³/mol. The molecule has 1 radical (unpaired) electrons. The van der Waals surface area contributed by atoms with Gasteiger partial charge in [0, 0.05) is 37.3 Å². The van der Waals surface area contributed by atoms with Crippen LogP contribution in [0.25, 0.3) is 78.0 Å². The summed E-state index contributed by atoms with van der Waals surface area (Å²) in [6.45, 7) is 0. The maximum Gasteiger partial charge on any atom is 0.149 e. The average molecular weight is 783 g/mol. The Bertz CT molecular complexity index is 2360. The SMILES string of the molecule is [Ir].[c-]1ccc2c(oc3ccccc32)c1-c1nc2cccc(-c3ccc(-c4ccccc4)cc3)c2o1.[c-]1ccccc1-c1ccccn1. The van der Waals surface area contributed by atoms with Crippen molar-refractivity contribution in [2.24, 2.45) is 0 Å². The van der Waals surface area contributed by atoms with Crippen molar-refractivity contribution in [2.45, 2.75) is 0 Å². The zero-order valence-electron chi connectivity index (χ0n) is 25.1. The van der Waals surface area contributed by atoms with E-state index in [1.165, 1.54) is 11.1 Å². The number of oxazole rings is 1. The van der Waals surface area contributed by atoms with E-state index < -0.39 is 0 Å². The Kier molecular flexibility index (Phi) is 8.57. The molecule has 0 amide bonds. The summed E-state index contributed by atoms with van der Waals surface area (Å²) in [5, 5.41) is 2.10. The molecule has 0 bridgehead atoms. The third kappa shape index (κ3) is 6.03. The zero-order valence-corrected chi connectivity index (χ0v) is 27.5. The molecule has 6 aromatic carbocycles. The molecule has 9 rings (SSSR count). The van der Waals surface area contributed by atoms with Gasteiger partial charge in [-0.3, -0.25) is 4.98 Å². The summed E-state index contributed by atoms with van der Waals surface area (Å²) in [5.41, 5.74) is 10.4. The van der Waals surface area contributed by atoms with Gasteiger partial charge in [0.05, 0.1) is 11.1 Å². The molecular formula is C42H26IrN2O2-2. The summed E-state index contributed by atoms with van der Waals surface area (Å²) >= 11 is 0. The Morgan fingerprint density at radius 2 is 1.28 bits per heavy atom. The molecule has 0 aliphatic heterocycles. The van der Waals surface area contributed by atoms with E-state index in [-0.39, 0.29) is 20.1 Å². The van der Waals surface area contributed by atoms with Crippen LogP contribution in [0.2, 0.25) is 0 Å². The number of furan rings is 1. The fourth-order valence-corrected chi connectivity index (χ4v) is 5.68. The molecule has 47 heavy (non-hydrogen) atoms. The van der Waals surface area contributed by atoms with E-state index in [2.05, 4.69) is 77.8 Å². The number of nitrogens with zero attached hydrogens (tertiary/aromatic N) is 2. The van der Waals surface area contributed by atoms with E-state index in [1.54, 1.807) is 6.20 Å². The topological polar surface area (TPSA) is 52.1 Å². The van der Waals surface area contributed by atoms with Crippen LogP contribution in [-0.2, 0) is 20.1 Å². The molecule has 0 aliphatic carbocycles. The summed E-state index contributed by atoms with van der Waals surface area (Å²) < 4.78 is 12.5. The first kappa shape index (κ1) is 30.1. The predicted octanol–water partition coefficient (Wildman–Crippen LogP) is 11.1. The standard InChI is InChI=1S/C31H18NO2.C11H8N.Ir/c1-2-8-20(9-3-1)21-16-18-22(19-17-21)23-11-7-14-27-30(23)34-31(32-27)26-13-6-12-25-24-10-4-5-15-28(24)33-29(25)26;1-2-6-10(7-3-1)11-8-4-5-9-12-11;/h1-12,14-19H;1-6,8-9H;/q2*-1;. The second-order valence-electron chi connectivity index (χ2n) is 10.8. The van der Waals surface area contributed by atoms with Crippen LogP contribution in [0.3, 0.4) is 0 Å². The van der Waals surface area contributed by atoms with Gasteiger partial charge in [0.2, 0.25) is 0 Å². The van der Waals surface area contributed by atoms with Crippen LogP contribution >= 0.6 is 0 Å². The van der Waals surface area contributed by atoms with E-state index in [1.807, 2.05) is 91.0 Å². The Morgan fingerprint density at radius 3 is 2.09 bits per heavy atom. The van der Waals surface area contributed by atoms with Gasteiger partial charge in [-0.05, 0) is 46.1 Å². The molecule has 0 unspecified atom stereocenters. The molecule has 0 N–H and O–H groups in total. The Balaban J connectivity index is 0.000000228. The molecule has 0 spiro atoms. The maximum atomic E-state index is 6.36. The second kappa shape index (κ2) is 13.4. The van der Waals surface area contributed by atoms with Crippen LogP contribution in [0.1, 0.15) is 0 Å². The molecule has 9 aromatic rings. The van der Waals surface area contributed by atoms with E-state index in [9.17, 15) is 0 Å². The number of hydrogen-bond donors (Lipinski definition) is 0. The van der Waals surface area contributed by atoms with E-state index >= 15 is 0 Å². The largest absolute Gasteiger partial charge is 0.500 e. The number of pyridine rings is 1. The van der Waals surface area contributed by atoms with Crippen LogP contribution in [0.15, 0.2) is 167 Å². The molecule has 0 saturated heterocycles. The van der Waals surface area contributed by atoms with Gasteiger partial charge >= 0.3 is 0 Å². The third-order valence-electron chi connectivity index (χ3n) is 7.92. The monoisotopic (exact) mass is 783 g/mol. The third-order valence-corrected chi connectivity index (χ3v) is 7.92. The van der Waals surface area contributed by atoms with Gasteiger partial charge in [-0.1, -0.05) is 102 Å². The van der Waals surface area contributed by atoms with Crippen LogP contribution < -0.4 is 0 Å². The molecule has 0 saturated carbocycles. The number of fused-ring (bicyclic) bond motifs is 4. The summed E-state index contributed by atoms with van der Waals surface area (Å²) in [4.78, 5) is 9.01. The number of rotatable bonds is 4. The van der Waals surface area contributed by atoms with Gasteiger partial charge in [-0.25, -0.2) is 0 Å². The number of para-hydroxylation sites is 2. The minimum Gasteiger partial charge on any atom is -0.500 e. The smallest absolute Gasteiger partial charge is 0.149 e. The molecule has 227 valence electrons. The molecule has 0 atom stereocenters. The van der Waals surface area contributed by atoms with Gasteiger partial charge in [0.25, 0.3) is 0 Å². The first-order chi connectivity index (χ1) is 22.8. The van der Waals surface area contributed by atoms with Crippen molar-refractivity contribution in [1.82, 2.24) is 9.97 Å². The van der Waals surface area contributed by atoms with Crippen molar-refractivity contribution in [3.8, 4) is 45.0 Å². The molecular weight excluding hydrogens is 757 g/mol. The van der Waals surface area contributed by atoms with Gasteiger partial charge in [-0.15, -0.1) is 54.1 Å². The minimum atomic E-state index is 0. The van der Waals surface area contributed by atoms with Crippen molar-refractivity contribution < 1.29 is 28.9 Å². The van der Waals surface area contributed by atoms with Gasteiger partial charge in [0.15, 0.2) is 0 Å². The molecule has 3 aromatic heterocycles. The zero-order chi connectivity index (χ0) is 30.7. The van der Waals surface area contributed by atoms with E-state index in [0.29, 0.717) is 5.89 Å². The number of hydrogen-bond acceptors (Lipinski definition) is 4. The van der Waals surface area contributed by atoms with Crippen LogP contribution in [-0.4, -0.2) is 9.97 Å². The molecule has 4 nitrogen and oxygen atoms in total. The summed E-state index contributed by atoms with van der Waals surface area (Å²) in [7, 11) is 0. The fraction of sp³-hybridized carbons (Fsp3) is 0. The van der Waals surface area contributed by atoms with Crippen molar-refractivity contribution in [1.29, 1.82) is 0 Å². The summed E-state index contributed by atoms with van der Waals surface area (Å²) in [6.07, 6.45) is 1.79. The Morgan fingerprint density at radius 1 is 0.511 bits per heavy atom. The maximum absolute atomic E-state index is 6.36. The fourth-order valence-electron chi connectivity index (χ4n) is 5.68. The second-order valence-corrected chi connectivity index (χ2v) is 10.8. The van der Waals surface area contributed by atoms with Gasteiger partial charge in [0.1, 0.15) is 17.1 Å². The summed E-state index contributed by atoms with van der Waals surface area (Å²) in [5.74, 6) is 0.507. The average Bonchev–Trinajstić information content (AvgIpc) is 3.75. The van der Waals surface area contributed by atoms with E-state index in [4.69, 9.17) is 13.8 Å². The molecule has 3 heterocycles. The first-order valence-electron chi connectivity index (χ1n) is 15.1. The normalized spacial score (nSPS) is 10.8. The van der Waals surface area contributed by atoms with Gasteiger partial charge in [-0.2, -0.15) is 0 Å². The molecule has 0 fully saturated rings. The van der Waals surface area contributed by atoms with Crippen LogP contribution in [0.4, 0.5) is 0 Å². The molecule has 0 aliphatic rings. The Labute approximate surface area is 285 Å². The van der Waals surface area contributed by atoms with Crippen LogP contribution in [0.5, 0.6) is 0 Å². The quantitative estimate of drug-likeness (QED) is 0.167. The van der Waals surface area contributed by atoms with Crippen molar-refractivity contribution >= 4 is 33.0 Å². The number of benzene rings is 6. The van der Waals surface area contributed by atoms with Crippen molar-refractivity contribution in [3.05, 3.63) is 170 Å². The van der Waals surface area contributed by atoms with Gasteiger partial charge < -0.3 is 13.8 Å². The van der Waals surface area contributed by atoms with Crippen molar-refractivity contribution in [2.75, 3.05) is 0 Å².